The van der Waals surface area contributed by atoms with Gasteiger partial charge in [-0.1, -0.05) is 13.8 Å². The lowest BCUT2D eigenvalue weighted by Crippen LogP contribution is -2.45. The van der Waals surface area contributed by atoms with Crippen LogP contribution in [0.5, 0.6) is 0 Å². The zero-order chi connectivity index (χ0) is 18.4. The summed E-state index contributed by atoms with van der Waals surface area (Å²) >= 11 is 0. The van der Waals surface area contributed by atoms with Crippen molar-refractivity contribution in [1.82, 2.24) is 25.1 Å². The van der Waals surface area contributed by atoms with E-state index in [9.17, 15) is 13.6 Å². The molecule has 0 aromatic carbocycles. The van der Waals surface area contributed by atoms with Crippen LogP contribution in [0.4, 0.5) is 8.78 Å². The summed E-state index contributed by atoms with van der Waals surface area (Å²) in [6.45, 7) is 5.11. The molecule has 0 radical (unpaired) electrons. The van der Waals surface area contributed by atoms with Crippen molar-refractivity contribution < 1.29 is 13.6 Å². The number of alkyl halides is 2. The Morgan fingerprint density at radius 3 is 2.88 bits per heavy atom. The summed E-state index contributed by atoms with van der Waals surface area (Å²) in [4.78, 5) is 22.2. The van der Waals surface area contributed by atoms with Gasteiger partial charge in [0, 0.05) is 44.0 Å². The van der Waals surface area contributed by atoms with Crippen LogP contribution in [0.3, 0.4) is 0 Å². The Labute approximate surface area is 146 Å². The number of imidazole rings is 1. The summed E-state index contributed by atoms with van der Waals surface area (Å²) < 4.78 is 26.5. The summed E-state index contributed by atoms with van der Waals surface area (Å²) in [5.74, 6) is 0.865. The number of carbonyl (C=O) groups excluding carboxylic acids is 1. The van der Waals surface area contributed by atoms with E-state index in [0.29, 0.717) is 25.6 Å². The molecule has 1 atom stereocenters. The van der Waals surface area contributed by atoms with Gasteiger partial charge in [0.1, 0.15) is 12.4 Å². The van der Waals surface area contributed by atoms with Crippen molar-refractivity contribution >= 4 is 11.9 Å². The van der Waals surface area contributed by atoms with Crippen molar-refractivity contribution in [3.05, 3.63) is 18.2 Å². The van der Waals surface area contributed by atoms with Crippen molar-refractivity contribution in [3.8, 4) is 0 Å². The highest BCUT2D eigenvalue weighted by Gasteiger charge is 2.28. The van der Waals surface area contributed by atoms with E-state index >= 15 is 0 Å². The number of guanidine groups is 1. The fourth-order valence-electron chi connectivity index (χ4n) is 2.75. The molecule has 1 saturated heterocycles. The van der Waals surface area contributed by atoms with Crippen molar-refractivity contribution in [2.75, 3.05) is 19.6 Å². The molecule has 1 unspecified atom stereocenters. The number of rotatable bonds is 6. The van der Waals surface area contributed by atoms with Gasteiger partial charge in [0.2, 0.25) is 5.91 Å². The quantitative estimate of drug-likeness (QED) is 0.600. The van der Waals surface area contributed by atoms with Crippen LogP contribution in [0.15, 0.2) is 17.4 Å². The van der Waals surface area contributed by atoms with Crippen LogP contribution in [0.25, 0.3) is 0 Å². The molecule has 140 valence electrons. The Hall–Kier alpha value is -2.19. The molecule has 1 aromatic rings. The molecule has 2 N–H and O–H groups in total. The summed E-state index contributed by atoms with van der Waals surface area (Å²) in [7, 11) is 0. The molecule has 1 fully saturated rings. The number of amides is 1. The van der Waals surface area contributed by atoms with Gasteiger partial charge in [-0.05, 0) is 13.3 Å². The van der Waals surface area contributed by atoms with Crippen molar-refractivity contribution in [1.29, 1.82) is 0 Å². The van der Waals surface area contributed by atoms with Gasteiger partial charge in [0.15, 0.2) is 5.96 Å². The summed E-state index contributed by atoms with van der Waals surface area (Å²) in [5, 5.41) is 6.37. The third kappa shape index (κ3) is 5.14. The number of aliphatic imine (C=N–C) groups is 1. The Morgan fingerprint density at radius 2 is 2.24 bits per heavy atom. The first kappa shape index (κ1) is 19.1. The van der Waals surface area contributed by atoms with Gasteiger partial charge >= 0.3 is 6.55 Å². The highest BCUT2D eigenvalue weighted by Crippen LogP contribution is 2.14. The van der Waals surface area contributed by atoms with E-state index < -0.39 is 6.55 Å². The second kappa shape index (κ2) is 8.77. The molecule has 25 heavy (non-hydrogen) atoms. The lowest BCUT2D eigenvalue weighted by molar-refractivity contribution is -0.133. The van der Waals surface area contributed by atoms with Gasteiger partial charge < -0.3 is 15.5 Å². The van der Waals surface area contributed by atoms with Crippen LogP contribution in [0.1, 0.15) is 39.6 Å². The van der Waals surface area contributed by atoms with Crippen LogP contribution in [-0.2, 0) is 11.3 Å². The highest BCUT2D eigenvalue weighted by atomic mass is 19.3. The largest absolute Gasteiger partial charge is 0.357 e. The van der Waals surface area contributed by atoms with Gasteiger partial charge in [0.25, 0.3) is 0 Å². The molecule has 7 nitrogen and oxygen atoms in total. The lowest BCUT2D eigenvalue weighted by atomic mass is 10.2. The van der Waals surface area contributed by atoms with E-state index in [4.69, 9.17) is 0 Å². The number of nitrogens with one attached hydrogen (secondary N) is 2. The second-order valence-corrected chi connectivity index (χ2v) is 6.29. The number of likely N-dealkylation sites (tertiary alicyclic amines) is 1. The van der Waals surface area contributed by atoms with Gasteiger partial charge in [0.05, 0.1) is 0 Å². The zero-order valence-electron chi connectivity index (χ0n) is 14.9. The van der Waals surface area contributed by atoms with Crippen LogP contribution < -0.4 is 10.6 Å². The number of nitrogens with zero attached hydrogens (tertiary/aromatic N) is 4. The molecule has 1 aliphatic rings. The third-order valence-electron chi connectivity index (χ3n) is 4.02. The van der Waals surface area contributed by atoms with E-state index in [2.05, 4.69) is 20.6 Å². The van der Waals surface area contributed by atoms with Gasteiger partial charge in [-0.25, -0.2) is 9.98 Å². The van der Waals surface area contributed by atoms with Crippen LogP contribution in [-0.4, -0.2) is 52.0 Å². The molecule has 1 amide bonds. The second-order valence-electron chi connectivity index (χ2n) is 6.29. The Kier molecular flexibility index (Phi) is 6.72. The lowest BCUT2D eigenvalue weighted by Gasteiger charge is -2.20. The maximum Gasteiger partial charge on any atom is 0.319 e. The zero-order valence-corrected chi connectivity index (χ0v) is 14.9. The normalized spacial score (nSPS) is 18.3. The number of carbonyl (C=O) groups is 1. The molecule has 1 aliphatic heterocycles. The van der Waals surface area contributed by atoms with Crippen molar-refractivity contribution in [2.24, 2.45) is 10.9 Å². The van der Waals surface area contributed by atoms with Crippen LogP contribution in [0.2, 0.25) is 0 Å². The van der Waals surface area contributed by atoms with Crippen LogP contribution in [0, 0.1) is 5.92 Å². The highest BCUT2D eigenvalue weighted by molar-refractivity contribution is 5.81. The Morgan fingerprint density at radius 1 is 1.48 bits per heavy atom. The first-order valence-corrected chi connectivity index (χ1v) is 8.55. The summed E-state index contributed by atoms with van der Waals surface area (Å²) in [6, 6.07) is 0.0929. The topological polar surface area (TPSA) is 74.6 Å². The minimum absolute atomic E-state index is 0.0196. The number of aromatic nitrogens is 2. The first-order valence-electron chi connectivity index (χ1n) is 8.55. The number of halogens is 2. The predicted molar refractivity (Wildman–Crippen MR) is 91.3 cm³/mol. The molecule has 0 bridgehead atoms. The van der Waals surface area contributed by atoms with Gasteiger partial charge in [-0.3, -0.25) is 9.36 Å². The first-order chi connectivity index (χ1) is 11.9. The van der Waals surface area contributed by atoms with E-state index in [1.165, 1.54) is 12.4 Å². The number of hydrogen-bond acceptors (Lipinski definition) is 3. The summed E-state index contributed by atoms with van der Waals surface area (Å²) in [5.41, 5.74) is 0. The SMILES string of the molecule is CCNC(=NCc1nccn1C(F)F)NC1CCN(C(=O)C(C)C)C1. The molecule has 0 saturated carbocycles. The number of hydrogen-bond donors (Lipinski definition) is 2. The molecular formula is C16H26F2N6O. The van der Waals surface area contributed by atoms with Gasteiger partial charge in [-0.2, -0.15) is 8.78 Å². The molecular weight excluding hydrogens is 330 g/mol. The maximum absolute atomic E-state index is 12.9. The molecule has 0 aliphatic carbocycles. The molecule has 2 heterocycles. The standard InChI is InChI=1S/C16H26F2N6O/c1-4-19-16(21-9-13-20-6-8-24(13)15(17)18)22-12-5-7-23(10-12)14(25)11(2)3/h6,8,11-12,15H,4-5,7,9-10H2,1-3H3,(H2,19,21,22). The molecule has 1 aromatic heterocycles. The minimum Gasteiger partial charge on any atom is -0.357 e. The predicted octanol–water partition coefficient (Wildman–Crippen LogP) is 1.59. The monoisotopic (exact) mass is 356 g/mol. The molecule has 2 rings (SSSR count). The maximum atomic E-state index is 12.9. The van der Waals surface area contributed by atoms with Crippen molar-refractivity contribution in [2.45, 2.75) is 46.3 Å². The summed E-state index contributed by atoms with van der Waals surface area (Å²) in [6.07, 6.45) is 3.40. The van der Waals surface area contributed by atoms with E-state index in [1.807, 2.05) is 25.7 Å². The average Bonchev–Trinajstić information content (AvgIpc) is 3.21. The van der Waals surface area contributed by atoms with Crippen molar-refractivity contribution in [3.63, 3.8) is 0 Å². The Bertz CT molecular complexity index is 601. The van der Waals surface area contributed by atoms with Crippen LogP contribution >= 0.6 is 0 Å². The minimum atomic E-state index is -2.63. The fraction of sp³-hybridized carbons (Fsp3) is 0.688. The van der Waals surface area contributed by atoms with E-state index in [-0.39, 0.29) is 30.2 Å². The average molecular weight is 356 g/mol. The molecule has 9 heteroatoms. The molecule has 0 spiro atoms. The van der Waals surface area contributed by atoms with Gasteiger partial charge in [-0.15, -0.1) is 0 Å². The van der Waals surface area contributed by atoms with E-state index in [1.54, 1.807) is 0 Å². The van der Waals surface area contributed by atoms with E-state index in [0.717, 1.165) is 11.0 Å². The smallest absolute Gasteiger partial charge is 0.319 e. The Balaban J connectivity index is 1.96. The fourth-order valence-corrected chi connectivity index (χ4v) is 2.75. The third-order valence-corrected chi connectivity index (χ3v) is 4.02.